The maximum Gasteiger partial charge on any atom is 0.287 e. The Labute approximate surface area is 113 Å². The molecular formula is C14H21N3O2. The second-order valence-electron chi connectivity index (χ2n) is 5.30. The lowest BCUT2D eigenvalue weighted by molar-refractivity contribution is -0.385. The van der Waals surface area contributed by atoms with Gasteiger partial charge in [-0.1, -0.05) is 20.3 Å². The highest BCUT2D eigenvalue weighted by Crippen LogP contribution is 2.30. The zero-order valence-electron chi connectivity index (χ0n) is 11.6. The Morgan fingerprint density at radius 2 is 2.37 bits per heavy atom. The molecule has 1 saturated heterocycles. The predicted molar refractivity (Wildman–Crippen MR) is 75.3 cm³/mol. The summed E-state index contributed by atoms with van der Waals surface area (Å²) in [6.45, 7) is 5.50. The Morgan fingerprint density at radius 3 is 2.95 bits per heavy atom. The number of hydrogen-bond donors (Lipinski definition) is 0. The Kier molecular flexibility index (Phi) is 4.35. The van der Waals surface area contributed by atoms with Gasteiger partial charge >= 0.3 is 0 Å². The zero-order valence-corrected chi connectivity index (χ0v) is 11.6. The number of anilines is 1. The minimum Gasteiger partial charge on any atom is -0.353 e. The summed E-state index contributed by atoms with van der Waals surface area (Å²) in [7, 11) is 0. The van der Waals surface area contributed by atoms with E-state index < -0.39 is 4.92 Å². The van der Waals surface area contributed by atoms with Gasteiger partial charge in [0.05, 0.1) is 4.92 Å². The Balaban J connectivity index is 2.13. The second kappa shape index (κ2) is 5.99. The fourth-order valence-corrected chi connectivity index (χ4v) is 2.97. The Hall–Kier alpha value is -1.65. The van der Waals surface area contributed by atoms with Crippen LogP contribution in [0, 0.1) is 16.0 Å². The number of aromatic nitrogens is 1. The van der Waals surface area contributed by atoms with Crippen molar-refractivity contribution >= 4 is 11.5 Å². The summed E-state index contributed by atoms with van der Waals surface area (Å²) in [6.07, 6.45) is 6.14. The van der Waals surface area contributed by atoms with Crippen molar-refractivity contribution < 1.29 is 4.92 Å². The van der Waals surface area contributed by atoms with Gasteiger partial charge in [-0.25, -0.2) is 4.98 Å². The summed E-state index contributed by atoms with van der Waals surface area (Å²) in [5.74, 6) is 1.51. The molecule has 0 N–H and O–H groups in total. The largest absolute Gasteiger partial charge is 0.353 e. The normalized spacial score (nSPS) is 20.5. The number of rotatable bonds is 5. The monoisotopic (exact) mass is 263 g/mol. The van der Waals surface area contributed by atoms with Gasteiger partial charge in [0.2, 0.25) is 0 Å². The molecule has 0 amide bonds. The van der Waals surface area contributed by atoms with Gasteiger partial charge in [-0.15, -0.1) is 0 Å². The fourth-order valence-electron chi connectivity index (χ4n) is 2.97. The standard InChI is InChI=1S/C14H21N3O2/c1-3-5-11(2)13-6-4-9-16(13)14-8-7-12(10-15-14)17(18)19/h7-8,10-11,13H,3-6,9H2,1-2H3. The molecule has 104 valence electrons. The second-order valence-corrected chi connectivity index (χ2v) is 5.30. The van der Waals surface area contributed by atoms with Crippen LogP contribution < -0.4 is 4.90 Å². The molecule has 0 saturated carbocycles. The number of nitrogens with zero attached hydrogens (tertiary/aromatic N) is 3. The Bertz CT molecular complexity index is 433. The minimum absolute atomic E-state index is 0.0566. The summed E-state index contributed by atoms with van der Waals surface area (Å²) in [6, 6.07) is 3.84. The number of nitro groups is 1. The van der Waals surface area contributed by atoms with Gasteiger partial charge < -0.3 is 4.90 Å². The van der Waals surface area contributed by atoms with Gasteiger partial charge in [-0.2, -0.15) is 0 Å². The van der Waals surface area contributed by atoms with Crippen LogP contribution in [-0.4, -0.2) is 22.5 Å². The lowest BCUT2D eigenvalue weighted by atomic mass is 9.95. The number of pyridine rings is 1. The van der Waals surface area contributed by atoms with Crippen molar-refractivity contribution in [3.05, 3.63) is 28.4 Å². The molecule has 0 radical (unpaired) electrons. The van der Waals surface area contributed by atoms with Crippen molar-refractivity contribution in [2.75, 3.05) is 11.4 Å². The van der Waals surface area contributed by atoms with E-state index in [9.17, 15) is 10.1 Å². The quantitative estimate of drug-likeness (QED) is 0.603. The van der Waals surface area contributed by atoms with Crippen LogP contribution >= 0.6 is 0 Å². The van der Waals surface area contributed by atoms with Crippen molar-refractivity contribution in [1.29, 1.82) is 0 Å². The molecule has 2 atom stereocenters. The zero-order chi connectivity index (χ0) is 13.8. The average molecular weight is 263 g/mol. The molecule has 0 spiro atoms. The predicted octanol–water partition coefficient (Wildman–Crippen LogP) is 3.39. The van der Waals surface area contributed by atoms with Crippen molar-refractivity contribution in [2.45, 2.75) is 45.6 Å². The first-order chi connectivity index (χ1) is 9.13. The average Bonchev–Trinajstić information content (AvgIpc) is 2.88. The van der Waals surface area contributed by atoms with Crippen LogP contribution in [0.25, 0.3) is 0 Å². The van der Waals surface area contributed by atoms with Gasteiger partial charge in [0.1, 0.15) is 12.0 Å². The van der Waals surface area contributed by atoms with Crippen molar-refractivity contribution in [3.8, 4) is 0 Å². The molecule has 0 bridgehead atoms. The van der Waals surface area contributed by atoms with Crippen molar-refractivity contribution in [1.82, 2.24) is 4.98 Å². The molecule has 1 fully saturated rings. The van der Waals surface area contributed by atoms with Crippen molar-refractivity contribution in [3.63, 3.8) is 0 Å². The lowest BCUT2D eigenvalue weighted by Crippen LogP contribution is -2.35. The molecule has 2 heterocycles. The lowest BCUT2D eigenvalue weighted by Gasteiger charge is -2.30. The van der Waals surface area contributed by atoms with Crippen LogP contribution in [0.15, 0.2) is 18.3 Å². The summed E-state index contributed by atoms with van der Waals surface area (Å²) in [5.41, 5.74) is 0.0566. The van der Waals surface area contributed by atoms with Gasteiger partial charge in [-0.3, -0.25) is 10.1 Å². The van der Waals surface area contributed by atoms with Crippen LogP contribution in [0.2, 0.25) is 0 Å². The third-order valence-electron chi connectivity index (χ3n) is 3.94. The molecule has 19 heavy (non-hydrogen) atoms. The summed E-state index contributed by atoms with van der Waals surface area (Å²) in [4.78, 5) is 16.8. The van der Waals surface area contributed by atoms with Crippen molar-refractivity contribution in [2.24, 2.45) is 5.92 Å². The summed E-state index contributed by atoms with van der Waals surface area (Å²) >= 11 is 0. The van der Waals surface area contributed by atoms with E-state index in [0.29, 0.717) is 12.0 Å². The minimum atomic E-state index is -0.405. The summed E-state index contributed by atoms with van der Waals surface area (Å²) in [5, 5.41) is 10.6. The molecule has 2 rings (SSSR count). The molecule has 1 aromatic heterocycles. The van der Waals surface area contributed by atoms with Gasteiger partial charge in [0.15, 0.2) is 0 Å². The molecular weight excluding hydrogens is 242 g/mol. The van der Waals surface area contributed by atoms with E-state index in [4.69, 9.17) is 0 Å². The van der Waals surface area contributed by atoms with E-state index in [-0.39, 0.29) is 5.69 Å². The molecule has 5 heteroatoms. The molecule has 1 aliphatic heterocycles. The highest BCUT2D eigenvalue weighted by molar-refractivity contribution is 5.45. The van der Waals surface area contributed by atoms with Crippen LogP contribution in [-0.2, 0) is 0 Å². The third-order valence-corrected chi connectivity index (χ3v) is 3.94. The van der Waals surface area contributed by atoms with Gasteiger partial charge in [-0.05, 0) is 31.2 Å². The maximum absolute atomic E-state index is 10.6. The molecule has 1 aromatic rings. The van der Waals surface area contributed by atoms with Gasteiger partial charge in [0.25, 0.3) is 5.69 Å². The van der Waals surface area contributed by atoms with E-state index in [2.05, 4.69) is 23.7 Å². The Morgan fingerprint density at radius 1 is 1.58 bits per heavy atom. The van der Waals surface area contributed by atoms with Crippen LogP contribution in [0.4, 0.5) is 11.5 Å². The maximum atomic E-state index is 10.6. The first-order valence-electron chi connectivity index (χ1n) is 7.00. The molecule has 5 nitrogen and oxygen atoms in total. The molecule has 0 aliphatic carbocycles. The van der Waals surface area contributed by atoms with E-state index in [1.165, 1.54) is 31.9 Å². The number of hydrogen-bond acceptors (Lipinski definition) is 4. The highest BCUT2D eigenvalue weighted by atomic mass is 16.6. The van der Waals surface area contributed by atoms with E-state index in [1.807, 2.05) is 0 Å². The van der Waals surface area contributed by atoms with E-state index in [0.717, 1.165) is 12.4 Å². The third kappa shape index (κ3) is 3.03. The van der Waals surface area contributed by atoms with Crippen LogP contribution in [0.5, 0.6) is 0 Å². The van der Waals surface area contributed by atoms with E-state index >= 15 is 0 Å². The molecule has 1 aliphatic rings. The summed E-state index contributed by atoms with van der Waals surface area (Å²) < 4.78 is 0. The van der Waals surface area contributed by atoms with Crippen LogP contribution in [0.1, 0.15) is 39.5 Å². The molecule has 2 unspecified atom stereocenters. The topological polar surface area (TPSA) is 59.3 Å². The highest BCUT2D eigenvalue weighted by Gasteiger charge is 2.29. The van der Waals surface area contributed by atoms with Crippen LogP contribution in [0.3, 0.4) is 0 Å². The van der Waals surface area contributed by atoms with Gasteiger partial charge in [0, 0.05) is 18.7 Å². The molecule has 0 aromatic carbocycles. The first kappa shape index (κ1) is 13.8. The smallest absolute Gasteiger partial charge is 0.287 e. The van der Waals surface area contributed by atoms with E-state index in [1.54, 1.807) is 12.1 Å². The fraction of sp³-hybridized carbons (Fsp3) is 0.643. The SMILES string of the molecule is CCCC(C)C1CCCN1c1ccc([N+](=O)[O-])cn1. The first-order valence-corrected chi connectivity index (χ1v) is 7.00.